The summed E-state index contributed by atoms with van der Waals surface area (Å²) in [5.41, 5.74) is 0.694. The summed E-state index contributed by atoms with van der Waals surface area (Å²) in [4.78, 5) is 8.16. The summed E-state index contributed by atoms with van der Waals surface area (Å²) in [6, 6.07) is 0. The maximum atomic E-state index is 9.48. The molecule has 0 aromatic carbocycles. The number of fused-ring (bicyclic) bond motifs is 1. The van der Waals surface area contributed by atoms with E-state index in [4.69, 9.17) is 4.74 Å². The third kappa shape index (κ3) is 2.89. The lowest BCUT2D eigenvalue weighted by molar-refractivity contribution is 0.0615. The number of aliphatic hydroxyl groups excluding tert-OH is 1. The summed E-state index contributed by atoms with van der Waals surface area (Å²) >= 11 is 0. The number of nitrogens with one attached hydrogen (secondary N) is 2. The largest absolute Gasteiger partial charge is 0.391 e. The Bertz CT molecular complexity index is 472. The standard InChI is InChI=1S/C10H15N5O2/c1-17-5-7(16)2-3-11-9-8-4-14-15-10(8)13-6-12-9/h4,6-7,16H,2-3,5H2,1H3,(H2,11,12,13,14,15). The predicted octanol–water partition coefficient (Wildman–Crippen LogP) is 0.162. The molecule has 0 fully saturated rings. The molecule has 7 heteroatoms. The minimum absolute atomic E-state index is 0.340. The van der Waals surface area contributed by atoms with Crippen LogP contribution in [0.25, 0.3) is 11.0 Å². The molecule has 0 aliphatic carbocycles. The van der Waals surface area contributed by atoms with Crippen molar-refractivity contribution < 1.29 is 9.84 Å². The van der Waals surface area contributed by atoms with Crippen LogP contribution in [0.15, 0.2) is 12.5 Å². The van der Waals surface area contributed by atoms with E-state index >= 15 is 0 Å². The molecular weight excluding hydrogens is 222 g/mol. The van der Waals surface area contributed by atoms with Crippen molar-refractivity contribution in [1.29, 1.82) is 0 Å². The van der Waals surface area contributed by atoms with Crippen LogP contribution in [0.4, 0.5) is 5.82 Å². The molecule has 1 unspecified atom stereocenters. The summed E-state index contributed by atoms with van der Waals surface area (Å²) < 4.78 is 4.85. The molecule has 0 aliphatic rings. The molecule has 7 nitrogen and oxygen atoms in total. The SMILES string of the molecule is COCC(O)CCNc1ncnc2[nH]ncc12. The Morgan fingerprint density at radius 3 is 3.24 bits per heavy atom. The molecule has 0 bridgehead atoms. The highest BCUT2D eigenvalue weighted by molar-refractivity contribution is 5.85. The lowest BCUT2D eigenvalue weighted by Gasteiger charge is -2.10. The molecule has 92 valence electrons. The second kappa shape index (κ2) is 5.55. The summed E-state index contributed by atoms with van der Waals surface area (Å²) in [5, 5.41) is 20.1. The number of aromatic amines is 1. The molecule has 2 rings (SSSR count). The van der Waals surface area contributed by atoms with Crippen LogP contribution in [0.3, 0.4) is 0 Å². The summed E-state index contributed by atoms with van der Waals surface area (Å²) in [7, 11) is 1.57. The van der Waals surface area contributed by atoms with Gasteiger partial charge in [-0.15, -0.1) is 0 Å². The Labute approximate surface area is 98.2 Å². The van der Waals surface area contributed by atoms with Crippen molar-refractivity contribution in [2.45, 2.75) is 12.5 Å². The third-order valence-electron chi connectivity index (χ3n) is 2.38. The zero-order chi connectivity index (χ0) is 12.1. The average molecular weight is 237 g/mol. The van der Waals surface area contributed by atoms with E-state index in [1.165, 1.54) is 6.33 Å². The number of anilines is 1. The van der Waals surface area contributed by atoms with Crippen LogP contribution in [0.2, 0.25) is 0 Å². The predicted molar refractivity (Wildman–Crippen MR) is 62.7 cm³/mol. The number of rotatable bonds is 6. The van der Waals surface area contributed by atoms with Gasteiger partial charge in [0.2, 0.25) is 0 Å². The quantitative estimate of drug-likeness (QED) is 0.662. The first-order valence-electron chi connectivity index (χ1n) is 5.36. The highest BCUT2D eigenvalue weighted by Crippen LogP contribution is 2.15. The fraction of sp³-hybridized carbons (Fsp3) is 0.500. The minimum atomic E-state index is -0.464. The van der Waals surface area contributed by atoms with Gasteiger partial charge in [0.25, 0.3) is 0 Å². The highest BCUT2D eigenvalue weighted by atomic mass is 16.5. The van der Waals surface area contributed by atoms with E-state index in [0.717, 1.165) is 5.39 Å². The van der Waals surface area contributed by atoms with Gasteiger partial charge in [-0.1, -0.05) is 0 Å². The molecule has 0 radical (unpaired) electrons. The third-order valence-corrected chi connectivity index (χ3v) is 2.38. The molecule has 0 saturated carbocycles. The van der Waals surface area contributed by atoms with Crippen LogP contribution in [-0.4, -0.2) is 51.6 Å². The average Bonchev–Trinajstić information content (AvgIpc) is 2.78. The van der Waals surface area contributed by atoms with Crippen LogP contribution in [0.1, 0.15) is 6.42 Å². The second-order valence-corrected chi connectivity index (χ2v) is 3.68. The molecule has 0 saturated heterocycles. The number of hydrogen-bond acceptors (Lipinski definition) is 6. The van der Waals surface area contributed by atoms with Gasteiger partial charge in [0.05, 0.1) is 24.3 Å². The van der Waals surface area contributed by atoms with Crippen molar-refractivity contribution in [3.8, 4) is 0 Å². The summed E-state index contributed by atoms with van der Waals surface area (Å²) in [6.07, 6.45) is 3.27. The van der Waals surface area contributed by atoms with Crippen LogP contribution >= 0.6 is 0 Å². The van der Waals surface area contributed by atoms with E-state index in [1.54, 1.807) is 13.3 Å². The van der Waals surface area contributed by atoms with Crippen molar-refractivity contribution in [3.63, 3.8) is 0 Å². The molecular formula is C10H15N5O2. The molecule has 17 heavy (non-hydrogen) atoms. The van der Waals surface area contributed by atoms with Crippen molar-refractivity contribution >= 4 is 16.9 Å². The van der Waals surface area contributed by atoms with Crippen LogP contribution in [0, 0.1) is 0 Å². The highest BCUT2D eigenvalue weighted by Gasteiger charge is 2.06. The Kier molecular flexibility index (Phi) is 3.84. The fourth-order valence-electron chi connectivity index (χ4n) is 1.54. The van der Waals surface area contributed by atoms with E-state index < -0.39 is 6.10 Å². The molecule has 0 amide bonds. The van der Waals surface area contributed by atoms with Crippen molar-refractivity contribution in [1.82, 2.24) is 20.2 Å². The number of aromatic nitrogens is 4. The van der Waals surface area contributed by atoms with Gasteiger partial charge in [-0.05, 0) is 6.42 Å². The molecule has 0 aliphatic heterocycles. The van der Waals surface area contributed by atoms with E-state index in [1.807, 2.05) is 0 Å². The monoisotopic (exact) mass is 237 g/mol. The molecule has 0 spiro atoms. The van der Waals surface area contributed by atoms with Crippen molar-refractivity contribution in [3.05, 3.63) is 12.5 Å². The Hall–Kier alpha value is -1.73. The Morgan fingerprint density at radius 1 is 1.53 bits per heavy atom. The van der Waals surface area contributed by atoms with Gasteiger partial charge >= 0.3 is 0 Å². The zero-order valence-electron chi connectivity index (χ0n) is 9.55. The molecule has 3 N–H and O–H groups in total. The smallest absolute Gasteiger partial charge is 0.160 e. The maximum absolute atomic E-state index is 9.48. The number of H-pyrrole nitrogens is 1. The van der Waals surface area contributed by atoms with Gasteiger partial charge in [-0.3, -0.25) is 5.10 Å². The minimum Gasteiger partial charge on any atom is -0.391 e. The molecule has 2 aromatic heterocycles. The van der Waals surface area contributed by atoms with Crippen LogP contribution < -0.4 is 5.32 Å². The zero-order valence-corrected chi connectivity index (χ0v) is 9.55. The topological polar surface area (TPSA) is 96.0 Å². The Balaban J connectivity index is 1.92. The number of hydrogen-bond donors (Lipinski definition) is 3. The van der Waals surface area contributed by atoms with Gasteiger partial charge in [0.15, 0.2) is 5.65 Å². The first-order chi connectivity index (χ1) is 8.31. The van der Waals surface area contributed by atoms with Gasteiger partial charge < -0.3 is 15.2 Å². The Morgan fingerprint density at radius 2 is 2.41 bits per heavy atom. The summed E-state index contributed by atoms with van der Waals surface area (Å²) in [6.45, 7) is 0.953. The van der Waals surface area contributed by atoms with E-state index in [-0.39, 0.29) is 0 Å². The second-order valence-electron chi connectivity index (χ2n) is 3.68. The molecule has 2 aromatic rings. The summed E-state index contributed by atoms with van der Waals surface area (Å²) in [5.74, 6) is 0.716. The lowest BCUT2D eigenvalue weighted by Crippen LogP contribution is -2.18. The number of methoxy groups -OCH3 is 1. The fourth-order valence-corrected chi connectivity index (χ4v) is 1.54. The van der Waals surface area contributed by atoms with Crippen molar-refractivity contribution in [2.24, 2.45) is 0 Å². The van der Waals surface area contributed by atoms with Crippen LogP contribution in [-0.2, 0) is 4.74 Å². The first kappa shape index (κ1) is 11.7. The lowest BCUT2D eigenvalue weighted by atomic mass is 10.2. The van der Waals surface area contributed by atoms with Gasteiger partial charge in [0, 0.05) is 13.7 Å². The van der Waals surface area contributed by atoms with Gasteiger partial charge in [-0.25, -0.2) is 9.97 Å². The van der Waals surface area contributed by atoms with E-state index in [2.05, 4.69) is 25.5 Å². The van der Waals surface area contributed by atoms with E-state index in [0.29, 0.717) is 31.0 Å². The van der Waals surface area contributed by atoms with Gasteiger partial charge in [0.1, 0.15) is 12.1 Å². The first-order valence-corrected chi connectivity index (χ1v) is 5.36. The van der Waals surface area contributed by atoms with E-state index in [9.17, 15) is 5.11 Å². The molecule has 2 heterocycles. The normalized spacial score (nSPS) is 12.8. The van der Waals surface area contributed by atoms with Gasteiger partial charge in [-0.2, -0.15) is 5.10 Å². The van der Waals surface area contributed by atoms with Crippen LogP contribution in [0.5, 0.6) is 0 Å². The number of aliphatic hydroxyl groups is 1. The number of nitrogens with zero attached hydrogens (tertiary/aromatic N) is 3. The number of ether oxygens (including phenoxy) is 1. The van der Waals surface area contributed by atoms with Crippen molar-refractivity contribution in [2.75, 3.05) is 25.6 Å². The molecule has 1 atom stereocenters. The maximum Gasteiger partial charge on any atom is 0.160 e.